The number of rotatable bonds is 6. The van der Waals surface area contributed by atoms with Crippen LogP contribution in [0, 0.1) is 11.8 Å². The maximum atomic E-state index is 13.1. The third kappa shape index (κ3) is 3.36. The van der Waals surface area contributed by atoms with E-state index in [1.54, 1.807) is 36.4 Å². The zero-order valence-electron chi connectivity index (χ0n) is 15.9. The number of carbonyl (C=O) groups excluding carboxylic acids is 2. The van der Waals surface area contributed by atoms with Crippen molar-refractivity contribution in [2.75, 3.05) is 27.6 Å². The second-order valence-electron chi connectivity index (χ2n) is 6.75. The fourth-order valence-corrected chi connectivity index (χ4v) is 3.63. The summed E-state index contributed by atoms with van der Waals surface area (Å²) < 4.78 is 26.2. The average molecular weight is 400 g/mol. The van der Waals surface area contributed by atoms with Gasteiger partial charge in [-0.3, -0.25) is 9.59 Å². The van der Waals surface area contributed by atoms with Gasteiger partial charge in [-0.1, -0.05) is 6.07 Å². The highest BCUT2D eigenvalue weighted by molar-refractivity contribution is 6.01. The van der Waals surface area contributed by atoms with Gasteiger partial charge in [0.15, 0.2) is 28.8 Å². The normalized spacial score (nSPS) is 20.9. The summed E-state index contributed by atoms with van der Waals surface area (Å²) in [5.41, 5.74) is 0.789. The number of aliphatic hydroxyl groups excluding tert-OH is 1. The van der Waals surface area contributed by atoms with E-state index in [4.69, 9.17) is 23.7 Å². The number of fused-ring (bicyclic) bond motifs is 1. The summed E-state index contributed by atoms with van der Waals surface area (Å²) in [6, 6.07) is 9.67. The smallest absolute Gasteiger partial charge is 0.312 e. The molecule has 2 heterocycles. The molecular formula is C21H20O8. The zero-order valence-corrected chi connectivity index (χ0v) is 15.9. The lowest BCUT2D eigenvalue weighted by Gasteiger charge is -2.21. The number of cyclic esters (lactones) is 1. The van der Waals surface area contributed by atoms with Crippen LogP contribution in [0.3, 0.4) is 0 Å². The molecule has 2 aromatic carbocycles. The van der Waals surface area contributed by atoms with Crippen molar-refractivity contribution in [2.24, 2.45) is 11.8 Å². The van der Waals surface area contributed by atoms with Crippen LogP contribution in [0.15, 0.2) is 36.4 Å². The van der Waals surface area contributed by atoms with Crippen molar-refractivity contribution < 1.29 is 38.4 Å². The summed E-state index contributed by atoms with van der Waals surface area (Å²) in [5.74, 6) is -0.859. The molecule has 0 unspecified atom stereocenters. The molecule has 3 atom stereocenters. The number of hydrogen-bond acceptors (Lipinski definition) is 8. The monoisotopic (exact) mass is 400 g/mol. The highest BCUT2D eigenvalue weighted by atomic mass is 16.7. The highest BCUT2D eigenvalue weighted by Gasteiger charge is 2.46. The number of esters is 1. The molecule has 2 aromatic rings. The van der Waals surface area contributed by atoms with Crippen molar-refractivity contribution in [3.05, 3.63) is 47.5 Å². The van der Waals surface area contributed by atoms with E-state index in [-0.39, 0.29) is 19.2 Å². The van der Waals surface area contributed by atoms with E-state index in [1.807, 2.05) is 0 Å². The van der Waals surface area contributed by atoms with Gasteiger partial charge in [0.2, 0.25) is 6.79 Å². The van der Waals surface area contributed by atoms with E-state index in [0.29, 0.717) is 34.1 Å². The van der Waals surface area contributed by atoms with Gasteiger partial charge in [-0.15, -0.1) is 0 Å². The zero-order chi connectivity index (χ0) is 20.5. The Morgan fingerprint density at radius 1 is 1.03 bits per heavy atom. The number of Topliss-reactive ketones (excluding diaryl/α,β-unsaturated/α-hetero) is 1. The van der Waals surface area contributed by atoms with Gasteiger partial charge >= 0.3 is 5.97 Å². The van der Waals surface area contributed by atoms with Gasteiger partial charge in [0.25, 0.3) is 0 Å². The Kier molecular flexibility index (Phi) is 5.02. The van der Waals surface area contributed by atoms with E-state index in [9.17, 15) is 14.7 Å². The van der Waals surface area contributed by atoms with Crippen molar-refractivity contribution in [1.29, 1.82) is 0 Å². The molecule has 8 heteroatoms. The Labute approximate surface area is 166 Å². The minimum Gasteiger partial charge on any atom is -0.493 e. The quantitative estimate of drug-likeness (QED) is 0.582. The van der Waals surface area contributed by atoms with Crippen molar-refractivity contribution in [1.82, 2.24) is 0 Å². The molecular weight excluding hydrogens is 380 g/mol. The summed E-state index contributed by atoms with van der Waals surface area (Å²) in [5, 5.41) is 10.9. The number of methoxy groups -OCH3 is 2. The molecule has 2 aliphatic rings. The van der Waals surface area contributed by atoms with Crippen LogP contribution >= 0.6 is 0 Å². The minimum atomic E-state index is -1.24. The molecule has 0 saturated carbocycles. The van der Waals surface area contributed by atoms with Crippen LogP contribution in [0.4, 0.5) is 0 Å². The molecule has 4 rings (SSSR count). The third-order valence-electron chi connectivity index (χ3n) is 5.19. The Morgan fingerprint density at radius 3 is 2.55 bits per heavy atom. The highest BCUT2D eigenvalue weighted by Crippen LogP contribution is 2.40. The lowest BCUT2D eigenvalue weighted by molar-refractivity contribution is -0.144. The van der Waals surface area contributed by atoms with Crippen LogP contribution < -0.4 is 18.9 Å². The average Bonchev–Trinajstić information content (AvgIpc) is 3.37. The van der Waals surface area contributed by atoms with Gasteiger partial charge in [0, 0.05) is 5.56 Å². The number of ketones is 1. The molecule has 0 spiro atoms. The van der Waals surface area contributed by atoms with Gasteiger partial charge in [0.1, 0.15) is 12.5 Å². The fraction of sp³-hybridized carbons (Fsp3) is 0.333. The molecule has 0 bridgehead atoms. The molecule has 0 radical (unpaired) electrons. The molecule has 29 heavy (non-hydrogen) atoms. The largest absolute Gasteiger partial charge is 0.493 e. The first-order chi connectivity index (χ1) is 14.0. The van der Waals surface area contributed by atoms with Crippen molar-refractivity contribution in [2.45, 2.75) is 6.10 Å². The van der Waals surface area contributed by atoms with E-state index >= 15 is 0 Å². The van der Waals surface area contributed by atoms with Crippen LogP contribution in [0.1, 0.15) is 22.0 Å². The molecule has 1 fully saturated rings. The number of carbonyl (C=O) groups is 2. The van der Waals surface area contributed by atoms with Crippen LogP contribution in [0.2, 0.25) is 0 Å². The standard InChI is InChI=1S/C21H20O8/c1-25-14-5-3-12(7-16(14)26-2)20(23)18-13(9-27-21(18)24)19(22)11-4-6-15-17(8-11)29-10-28-15/h3-8,13,18,20,23H,9-10H2,1-2H3/t13-,18-,20-/m1/s1. The predicted octanol–water partition coefficient (Wildman–Crippen LogP) is 2.14. The summed E-state index contributed by atoms with van der Waals surface area (Å²) in [7, 11) is 2.98. The second kappa shape index (κ2) is 7.63. The van der Waals surface area contributed by atoms with Gasteiger partial charge in [0.05, 0.1) is 26.2 Å². The summed E-state index contributed by atoms with van der Waals surface area (Å²) >= 11 is 0. The van der Waals surface area contributed by atoms with Gasteiger partial charge in [-0.05, 0) is 35.9 Å². The van der Waals surface area contributed by atoms with E-state index in [2.05, 4.69) is 0 Å². The summed E-state index contributed by atoms with van der Waals surface area (Å²) in [6.45, 7) is -0.000229. The minimum absolute atomic E-state index is 0.0959. The summed E-state index contributed by atoms with van der Waals surface area (Å²) in [6.07, 6.45) is -1.24. The maximum Gasteiger partial charge on any atom is 0.312 e. The van der Waals surface area contributed by atoms with Crippen molar-refractivity contribution >= 4 is 11.8 Å². The first kappa shape index (κ1) is 19.1. The topological polar surface area (TPSA) is 101 Å². The third-order valence-corrected chi connectivity index (χ3v) is 5.19. The lowest BCUT2D eigenvalue weighted by atomic mass is 9.82. The number of hydrogen-bond donors (Lipinski definition) is 1. The predicted molar refractivity (Wildman–Crippen MR) is 99.3 cm³/mol. The van der Waals surface area contributed by atoms with E-state index < -0.39 is 23.9 Å². The van der Waals surface area contributed by atoms with Gasteiger partial charge in [-0.25, -0.2) is 0 Å². The number of aliphatic hydroxyl groups is 1. The van der Waals surface area contributed by atoms with Crippen LogP contribution in [0.25, 0.3) is 0 Å². The van der Waals surface area contributed by atoms with Gasteiger partial charge < -0.3 is 28.8 Å². The molecule has 1 saturated heterocycles. The Balaban J connectivity index is 1.62. The van der Waals surface area contributed by atoms with Crippen LogP contribution in [0.5, 0.6) is 23.0 Å². The van der Waals surface area contributed by atoms with Crippen LogP contribution in [-0.2, 0) is 9.53 Å². The maximum absolute atomic E-state index is 13.1. The van der Waals surface area contributed by atoms with E-state index in [1.165, 1.54) is 14.2 Å². The number of ether oxygens (including phenoxy) is 5. The summed E-state index contributed by atoms with van der Waals surface area (Å²) in [4.78, 5) is 25.4. The molecule has 0 amide bonds. The Morgan fingerprint density at radius 2 is 1.79 bits per heavy atom. The Bertz CT molecular complexity index is 954. The second-order valence-corrected chi connectivity index (χ2v) is 6.75. The first-order valence-corrected chi connectivity index (χ1v) is 9.04. The van der Waals surface area contributed by atoms with Crippen LogP contribution in [-0.4, -0.2) is 44.5 Å². The Hall–Kier alpha value is -3.26. The molecule has 152 valence electrons. The molecule has 0 aromatic heterocycles. The lowest BCUT2D eigenvalue weighted by Crippen LogP contribution is -2.29. The fourth-order valence-electron chi connectivity index (χ4n) is 3.63. The SMILES string of the molecule is COc1ccc([C@@H](O)[C@@H]2C(=O)OC[C@H]2C(=O)c2ccc3c(c2)OCO3)cc1OC. The van der Waals surface area contributed by atoms with E-state index in [0.717, 1.165) is 0 Å². The van der Waals surface area contributed by atoms with Crippen molar-refractivity contribution in [3.8, 4) is 23.0 Å². The molecule has 8 nitrogen and oxygen atoms in total. The molecule has 2 aliphatic heterocycles. The van der Waals surface area contributed by atoms with Gasteiger partial charge in [-0.2, -0.15) is 0 Å². The number of benzene rings is 2. The van der Waals surface area contributed by atoms with Crippen molar-refractivity contribution in [3.63, 3.8) is 0 Å². The molecule has 1 N–H and O–H groups in total. The first-order valence-electron chi connectivity index (χ1n) is 9.04. The molecule has 0 aliphatic carbocycles.